The van der Waals surface area contributed by atoms with Crippen molar-refractivity contribution >= 4 is 35.7 Å². The summed E-state index contributed by atoms with van der Waals surface area (Å²) in [5.74, 6) is -4.64. The Labute approximate surface area is 194 Å². The van der Waals surface area contributed by atoms with Gasteiger partial charge < -0.3 is 23.7 Å². The quantitative estimate of drug-likeness (QED) is 0.317. The summed E-state index contributed by atoms with van der Waals surface area (Å²) < 4.78 is 26.7. The van der Waals surface area contributed by atoms with Gasteiger partial charge in [0.2, 0.25) is 6.29 Å². The lowest BCUT2D eigenvalue weighted by atomic mass is 9.94. The number of imide groups is 1. The van der Waals surface area contributed by atoms with Crippen molar-refractivity contribution in [3.8, 4) is 0 Å². The molecule has 182 valence electrons. The van der Waals surface area contributed by atoms with Crippen molar-refractivity contribution in [2.75, 3.05) is 6.61 Å². The predicted octanol–water partition coefficient (Wildman–Crippen LogP) is 0.366. The fourth-order valence-electron chi connectivity index (χ4n) is 3.90. The van der Waals surface area contributed by atoms with E-state index in [1.165, 1.54) is 12.1 Å². The van der Waals surface area contributed by atoms with Gasteiger partial charge in [0.15, 0.2) is 12.2 Å². The van der Waals surface area contributed by atoms with Crippen LogP contribution < -0.4 is 0 Å². The molecule has 3 rings (SSSR count). The minimum atomic E-state index is -1.63. The van der Waals surface area contributed by atoms with Crippen molar-refractivity contribution in [2.24, 2.45) is 0 Å². The van der Waals surface area contributed by atoms with Gasteiger partial charge in [-0.15, -0.1) is 0 Å². The molecule has 1 aromatic rings. The fraction of sp³-hybridized carbons (Fsp3) is 0.455. The van der Waals surface area contributed by atoms with Crippen molar-refractivity contribution in [1.82, 2.24) is 4.90 Å². The number of fused-ring (bicyclic) bond motifs is 1. The van der Waals surface area contributed by atoms with Gasteiger partial charge in [-0.3, -0.25) is 33.7 Å². The SMILES string of the molecule is CC(=O)OCC1O[C@H](OC(C)=O)C(N2C(=O)c3ccccc3C2=O)[C@@H](OC(C)=O)[C@@H]1OC(C)=O. The smallest absolute Gasteiger partial charge is 0.305 e. The van der Waals surface area contributed by atoms with E-state index >= 15 is 0 Å². The molecule has 2 heterocycles. The van der Waals surface area contributed by atoms with Crippen LogP contribution in [0.25, 0.3) is 0 Å². The van der Waals surface area contributed by atoms with E-state index in [1.807, 2.05) is 0 Å². The number of benzene rings is 1. The first kappa shape index (κ1) is 24.8. The largest absolute Gasteiger partial charge is 0.463 e. The van der Waals surface area contributed by atoms with Crippen LogP contribution in [-0.4, -0.2) is 77.8 Å². The maximum Gasteiger partial charge on any atom is 0.305 e. The average molecular weight is 477 g/mol. The van der Waals surface area contributed by atoms with Gasteiger partial charge in [0.25, 0.3) is 11.8 Å². The summed E-state index contributed by atoms with van der Waals surface area (Å²) in [6.07, 6.45) is -5.81. The molecule has 1 aromatic carbocycles. The predicted molar refractivity (Wildman–Crippen MR) is 109 cm³/mol. The van der Waals surface area contributed by atoms with E-state index in [0.717, 1.165) is 32.6 Å². The standard InChI is InChI=1S/C22H23NO11/c1-10(24)30-9-16-18(31-11(2)25)19(32-12(3)26)17(22(34-16)33-13(4)27)23-20(28)14-7-5-6-8-15(14)21(23)29/h5-8,16-19,22H,9H2,1-4H3/t16?,17?,18-,19-,22+/m1/s1. The van der Waals surface area contributed by atoms with Crippen molar-refractivity contribution in [1.29, 1.82) is 0 Å². The van der Waals surface area contributed by atoms with Crippen LogP contribution in [0.15, 0.2) is 24.3 Å². The van der Waals surface area contributed by atoms with Crippen LogP contribution in [-0.2, 0) is 42.9 Å². The molecule has 0 bridgehead atoms. The molecule has 2 aliphatic heterocycles. The van der Waals surface area contributed by atoms with Crippen LogP contribution >= 0.6 is 0 Å². The summed E-state index contributed by atoms with van der Waals surface area (Å²) in [6, 6.07) is 4.49. The van der Waals surface area contributed by atoms with E-state index in [-0.39, 0.29) is 11.1 Å². The molecule has 1 saturated heterocycles. The van der Waals surface area contributed by atoms with Crippen LogP contribution in [0.2, 0.25) is 0 Å². The lowest BCUT2D eigenvalue weighted by Gasteiger charge is -2.46. The molecule has 0 saturated carbocycles. The van der Waals surface area contributed by atoms with Crippen LogP contribution in [0.3, 0.4) is 0 Å². The Morgan fingerprint density at radius 1 is 0.794 bits per heavy atom. The lowest BCUT2D eigenvalue weighted by molar-refractivity contribution is -0.278. The number of esters is 4. The van der Waals surface area contributed by atoms with E-state index in [2.05, 4.69) is 0 Å². The fourth-order valence-corrected chi connectivity index (χ4v) is 3.90. The Balaban J connectivity index is 2.11. The van der Waals surface area contributed by atoms with Crippen molar-refractivity contribution < 1.29 is 52.5 Å². The Morgan fingerprint density at radius 3 is 1.76 bits per heavy atom. The Morgan fingerprint density at radius 2 is 1.29 bits per heavy atom. The van der Waals surface area contributed by atoms with E-state index in [1.54, 1.807) is 12.1 Å². The van der Waals surface area contributed by atoms with Gasteiger partial charge in [0, 0.05) is 27.7 Å². The van der Waals surface area contributed by atoms with Crippen molar-refractivity contribution in [3.63, 3.8) is 0 Å². The zero-order valence-corrected chi connectivity index (χ0v) is 18.8. The number of ether oxygens (including phenoxy) is 5. The first-order chi connectivity index (χ1) is 16.0. The van der Waals surface area contributed by atoms with Gasteiger partial charge in [-0.1, -0.05) is 12.1 Å². The lowest BCUT2D eigenvalue weighted by Crippen LogP contribution is -2.67. The number of carbonyl (C=O) groups is 6. The van der Waals surface area contributed by atoms with Crippen LogP contribution in [0, 0.1) is 0 Å². The molecule has 1 fully saturated rings. The monoisotopic (exact) mass is 477 g/mol. The number of hydrogen-bond acceptors (Lipinski definition) is 11. The molecule has 2 amide bonds. The van der Waals surface area contributed by atoms with E-state index < -0.39 is 72.9 Å². The minimum absolute atomic E-state index is 0.0849. The maximum atomic E-state index is 13.2. The first-order valence-corrected chi connectivity index (χ1v) is 10.3. The summed E-state index contributed by atoms with van der Waals surface area (Å²) >= 11 is 0. The highest BCUT2D eigenvalue weighted by molar-refractivity contribution is 6.21. The number of carbonyl (C=O) groups excluding carboxylic acids is 6. The van der Waals surface area contributed by atoms with Crippen LogP contribution in [0.4, 0.5) is 0 Å². The molecule has 0 N–H and O–H groups in total. The number of rotatable bonds is 6. The molecule has 2 aliphatic rings. The van der Waals surface area contributed by atoms with Crippen LogP contribution in [0.5, 0.6) is 0 Å². The number of amides is 2. The molecule has 0 radical (unpaired) electrons. The number of hydrogen-bond donors (Lipinski definition) is 0. The van der Waals surface area contributed by atoms with E-state index in [4.69, 9.17) is 23.7 Å². The maximum absolute atomic E-state index is 13.2. The molecule has 5 atom stereocenters. The second-order valence-corrected chi connectivity index (χ2v) is 7.62. The molecule has 12 nitrogen and oxygen atoms in total. The third kappa shape index (κ3) is 5.06. The summed E-state index contributed by atoms with van der Waals surface area (Å²) in [5, 5.41) is 0. The first-order valence-electron chi connectivity index (χ1n) is 10.3. The van der Waals surface area contributed by atoms with Gasteiger partial charge >= 0.3 is 23.9 Å². The van der Waals surface area contributed by atoms with Gasteiger partial charge in [0.1, 0.15) is 18.8 Å². The van der Waals surface area contributed by atoms with Gasteiger partial charge in [-0.05, 0) is 12.1 Å². The minimum Gasteiger partial charge on any atom is -0.463 e. The molecule has 2 unspecified atom stereocenters. The summed E-state index contributed by atoms with van der Waals surface area (Å²) in [6.45, 7) is 3.91. The zero-order chi connectivity index (χ0) is 25.2. The second-order valence-electron chi connectivity index (χ2n) is 7.62. The highest BCUT2D eigenvalue weighted by Crippen LogP contribution is 2.35. The summed E-state index contributed by atoms with van der Waals surface area (Å²) in [7, 11) is 0. The van der Waals surface area contributed by atoms with E-state index in [0.29, 0.717) is 0 Å². The summed E-state index contributed by atoms with van der Waals surface area (Å²) in [5.41, 5.74) is 0.170. The Bertz CT molecular complexity index is 1000. The molecule has 12 heteroatoms. The van der Waals surface area contributed by atoms with Crippen molar-refractivity contribution in [3.05, 3.63) is 35.4 Å². The van der Waals surface area contributed by atoms with Gasteiger partial charge in [-0.2, -0.15) is 0 Å². The van der Waals surface area contributed by atoms with E-state index in [9.17, 15) is 28.8 Å². The third-order valence-electron chi connectivity index (χ3n) is 5.08. The Hall–Kier alpha value is -3.80. The molecule has 0 aliphatic carbocycles. The van der Waals surface area contributed by atoms with Crippen LogP contribution in [0.1, 0.15) is 48.4 Å². The molecule has 34 heavy (non-hydrogen) atoms. The molecule has 0 aromatic heterocycles. The normalized spacial score (nSPS) is 25.9. The molecule has 0 spiro atoms. The topological polar surface area (TPSA) is 152 Å². The third-order valence-corrected chi connectivity index (χ3v) is 5.08. The summed E-state index contributed by atoms with van der Waals surface area (Å²) in [4.78, 5) is 74.2. The molecular formula is C22H23NO11. The highest BCUT2D eigenvalue weighted by Gasteiger charge is 2.58. The second kappa shape index (κ2) is 10.00. The Kier molecular flexibility index (Phi) is 7.30. The number of nitrogens with zero attached hydrogens (tertiary/aromatic N) is 1. The van der Waals surface area contributed by atoms with Gasteiger partial charge in [0.05, 0.1) is 11.1 Å². The molecular weight excluding hydrogens is 454 g/mol. The zero-order valence-electron chi connectivity index (χ0n) is 18.8. The average Bonchev–Trinajstić information content (AvgIpc) is 2.98. The highest BCUT2D eigenvalue weighted by atomic mass is 16.7. The van der Waals surface area contributed by atoms with Crippen molar-refractivity contribution in [2.45, 2.75) is 58.3 Å². The van der Waals surface area contributed by atoms with Gasteiger partial charge in [-0.25, -0.2) is 0 Å².